The van der Waals surface area contributed by atoms with Crippen molar-refractivity contribution in [2.75, 3.05) is 25.0 Å². The zero-order valence-electron chi connectivity index (χ0n) is 12.8. The Hall–Kier alpha value is -2.43. The molecule has 0 aliphatic carbocycles. The lowest BCUT2D eigenvalue weighted by atomic mass is 10.0. The fourth-order valence-electron chi connectivity index (χ4n) is 3.03. The number of para-hydroxylation sites is 1. The summed E-state index contributed by atoms with van der Waals surface area (Å²) in [6.45, 7) is 5.33. The summed E-state index contributed by atoms with van der Waals surface area (Å²) in [6, 6.07) is 8.34. The molecule has 1 aliphatic heterocycles. The van der Waals surface area contributed by atoms with Crippen LogP contribution in [-0.2, 0) is 4.79 Å². The molecule has 0 spiro atoms. The summed E-state index contributed by atoms with van der Waals surface area (Å²) >= 11 is 0. The Kier molecular flexibility index (Phi) is 4.04. The van der Waals surface area contributed by atoms with Crippen LogP contribution in [0.3, 0.4) is 0 Å². The minimum Gasteiger partial charge on any atom is -0.356 e. The van der Waals surface area contributed by atoms with Gasteiger partial charge in [-0.1, -0.05) is 18.7 Å². The van der Waals surface area contributed by atoms with Crippen LogP contribution in [0.25, 0.3) is 10.9 Å². The summed E-state index contributed by atoms with van der Waals surface area (Å²) in [4.78, 5) is 24.6. The molecule has 0 atom stereocenters. The lowest BCUT2D eigenvalue weighted by molar-refractivity contribution is -0.127. The van der Waals surface area contributed by atoms with Gasteiger partial charge in [-0.3, -0.25) is 4.79 Å². The van der Waals surface area contributed by atoms with Gasteiger partial charge in [0.25, 0.3) is 0 Å². The van der Waals surface area contributed by atoms with Gasteiger partial charge in [-0.05, 0) is 31.1 Å². The van der Waals surface area contributed by atoms with Crippen molar-refractivity contribution in [2.45, 2.75) is 18.9 Å². The summed E-state index contributed by atoms with van der Waals surface area (Å²) in [5.74, 6) is 0.979. The van der Waals surface area contributed by atoms with E-state index in [1.165, 1.54) is 6.08 Å². The van der Waals surface area contributed by atoms with Crippen LogP contribution in [0.15, 0.2) is 43.2 Å². The van der Waals surface area contributed by atoms with E-state index in [2.05, 4.69) is 27.5 Å². The third kappa shape index (κ3) is 2.66. The number of rotatable bonds is 3. The maximum atomic E-state index is 11.7. The molecule has 0 radical (unpaired) electrons. The third-order valence-electron chi connectivity index (χ3n) is 4.36. The Bertz CT molecular complexity index is 687. The summed E-state index contributed by atoms with van der Waals surface area (Å²) in [7, 11) is 1.85. The maximum Gasteiger partial charge on any atom is 0.245 e. The number of fused-ring (bicyclic) bond motifs is 1. The molecular weight excluding hydrogens is 276 g/mol. The van der Waals surface area contributed by atoms with Gasteiger partial charge in [0.05, 0.1) is 5.52 Å². The summed E-state index contributed by atoms with van der Waals surface area (Å²) < 4.78 is 0. The minimum atomic E-state index is -0.00839. The lowest BCUT2D eigenvalue weighted by Gasteiger charge is -2.37. The molecule has 3 rings (SSSR count). The standard InChI is InChI=1S/C17H20N4O/c1-3-16(22)20(2)13-8-10-21(11-9-13)17-14-6-4-5-7-15(14)18-12-19-17/h3-7,12-13H,1,8-11H2,2H3. The number of aromatic nitrogens is 2. The van der Waals surface area contributed by atoms with Crippen molar-refractivity contribution in [3.63, 3.8) is 0 Å². The van der Waals surface area contributed by atoms with Crippen molar-refractivity contribution < 1.29 is 4.79 Å². The predicted octanol–water partition coefficient (Wildman–Crippen LogP) is 2.24. The molecular formula is C17H20N4O. The molecule has 5 heteroatoms. The number of nitrogens with zero attached hydrogens (tertiary/aromatic N) is 4. The second kappa shape index (κ2) is 6.13. The number of carbonyl (C=O) groups is 1. The lowest BCUT2D eigenvalue weighted by Crippen LogP contribution is -2.45. The molecule has 0 bridgehead atoms. The van der Waals surface area contributed by atoms with Gasteiger partial charge in [0, 0.05) is 31.6 Å². The average Bonchev–Trinajstić information content (AvgIpc) is 2.60. The van der Waals surface area contributed by atoms with Gasteiger partial charge in [-0.25, -0.2) is 9.97 Å². The molecule has 2 aromatic rings. The fourth-order valence-corrected chi connectivity index (χ4v) is 3.03. The monoisotopic (exact) mass is 296 g/mol. The normalized spacial score (nSPS) is 15.8. The average molecular weight is 296 g/mol. The number of benzene rings is 1. The van der Waals surface area contributed by atoms with Crippen molar-refractivity contribution in [3.05, 3.63) is 43.2 Å². The van der Waals surface area contributed by atoms with Gasteiger partial charge in [0.15, 0.2) is 0 Å². The number of hydrogen-bond acceptors (Lipinski definition) is 4. The van der Waals surface area contributed by atoms with Crippen LogP contribution in [0.1, 0.15) is 12.8 Å². The molecule has 1 saturated heterocycles. The second-order valence-electron chi connectivity index (χ2n) is 5.59. The zero-order chi connectivity index (χ0) is 15.5. The third-order valence-corrected chi connectivity index (χ3v) is 4.36. The molecule has 0 N–H and O–H groups in total. The van der Waals surface area contributed by atoms with E-state index in [1.54, 1.807) is 11.2 Å². The first kappa shape index (κ1) is 14.5. The number of amides is 1. The molecule has 1 aromatic carbocycles. The number of piperidine rings is 1. The minimum absolute atomic E-state index is 0.00839. The van der Waals surface area contributed by atoms with Crippen LogP contribution in [-0.4, -0.2) is 47.0 Å². The first-order chi connectivity index (χ1) is 10.7. The second-order valence-corrected chi connectivity index (χ2v) is 5.59. The van der Waals surface area contributed by atoms with Crippen molar-refractivity contribution in [3.8, 4) is 0 Å². The van der Waals surface area contributed by atoms with Gasteiger partial charge >= 0.3 is 0 Å². The largest absolute Gasteiger partial charge is 0.356 e. The highest BCUT2D eigenvalue weighted by molar-refractivity contribution is 5.89. The fraction of sp³-hybridized carbons (Fsp3) is 0.353. The molecule has 1 aromatic heterocycles. The van der Waals surface area contributed by atoms with E-state index in [4.69, 9.17) is 0 Å². The van der Waals surface area contributed by atoms with E-state index in [1.807, 2.05) is 25.2 Å². The summed E-state index contributed by atoms with van der Waals surface area (Å²) in [5.41, 5.74) is 0.966. The molecule has 0 saturated carbocycles. The number of hydrogen-bond donors (Lipinski definition) is 0. The Morgan fingerprint density at radius 3 is 2.77 bits per heavy atom. The van der Waals surface area contributed by atoms with Crippen LogP contribution in [0.5, 0.6) is 0 Å². The van der Waals surface area contributed by atoms with E-state index in [0.29, 0.717) is 0 Å². The van der Waals surface area contributed by atoms with Gasteiger partial charge in [-0.2, -0.15) is 0 Å². The Labute approximate surface area is 130 Å². The van der Waals surface area contributed by atoms with Crippen LogP contribution in [0.2, 0.25) is 0 Å². The molecule has 2 heterocycles. The van der Waals surface area contributed by atoms with Crippen molar-refractivity contribution in [1.82, 2.24) is 14.9 Å². The Morgan fingerprint density at radius 1 is 1.32 bits per heavy atom. The molecule has 1 aliphatic rings. The van der Waals surface area contributed by atoms with Crippen LogP contribution in [0.4, 0.5) is 5.82 Å². The molecule has 1 amide bonds. The highest BCUT2D eigenvalue weighted by atomic mass is 16.2. The molecule has 0 unspecified atom stereocenters. The van der Waals surface area contributed by atoms with Crippen LogP contribution >= 0.6 is 0 Å². The Morgan fingerprint density at radius 2 is 2.05 bits per heavy atom. The molecule has 1 fully saturated rings. The quantitative estimate of drug-likeness (QED) is 0.815. The van der Waals surface area contributed by atoms with Gasteiger partial charge in [-0.15, -0.1) is 0 Å². The van der Waals surface area contributed by atoms with Crippen LogP contribution < -0.4 is 4.90 Å². The highest BCUT2D eigenvalue weighted by Gasteiger charge is 2.25. The number of carbonyl (C=O) groups excluding carboxylic acids is 1. The highest BCUT2D eigenvalue weighted by Crippen LogP contribution is 2.26. The Balaban J connectivity index is 1.76. The van der Waals surface area contributed by atoms with Gasteiger partial charge < -0.3 is 9.80 Å². The smallest absolute Gasteiger partial charge is 0.245 e. The first-order valence-corrected chi connectivity index (χ1v) is 7.54. The molecule has 114 valence electrons. The zero-order valence-corrected chi connectivity index (χ0v) is 12.8. The number of likely N-dealkylation sites (N-methyl/N-ethyl adjacent to an activating group) is 1. The first-order valence-electron chi connectivity index (χ1n) is 7.54. The van der Waals surface area contributed by atoms with E-state index < -0.39 is 0 Å². The van der Waals surface area contributed by atoms with E-state index in [-0.39, 0.29) is 11.9 Å². The van der Waals surface area contributed by atoms with Crippen molar-refractivity contribution in [1.29, 1.82) is 0 Å². The molecule has 5 nitrogen and oxygen atoms in total. The molecule has 22 heavy (non-hydrogen) atoms. The van der Waals surface area contributed by atoms with E-state index in [0.717, 1.165) is 42.7 Å². The number of anilines is 1. The maximum absolute atomic E-state index is 11.7. The summed E-state index contributed by atoms with van der Waals surface area (Å²) in [5, 5.41) is 1.08. The van der Waals surface area contributed by atoms with Gasteiger partial charge in [0.1, 0.15) is 12.1 Å². The van der Waals surface area contributed by atoms with Crippen molar-refractivity contribution in [2.24, 2.45) is 0 Å². The van der Waals surface area contributed by atoms with E-state index >= 15 is 0 Å². The predicted molar refractivity (Wildman–Crippen MR) is 87.7 cm³/mol. The SMILES string of the molecule is C=CC(=O)N(C)C1CCN(c2ncnc3ccccc23)CC1. The van der Waals surface area contributed by atoms with Crippen molar-refractivity contribution >= 4 is 22.6 Å². The van der Waals surface area contributed by atoms with E-state index in [9.17, 15) is 4.79 Å². The summed E-state index contributed by atoms with van der Waals surface area (Å²) in [6.07, 6.45) is 4.88. The topological polar surface area (TPSA) is 49.3 Å². The van der Waals surface area contributed by atoms with Crippen LogP contribution in [0, 0.1) is 0 Å². The van der Waals surface area contributed by atoms with Gasteiger partial charge in [0.2, 0.25) is 5.91 Å².